The third-order valence-corrected chi connectivity index (χ3v) is 8.32. The van der Waals surface area contributed by atoms with E-state index in [-0.39, 0.29) is 0 Å². The molecule has 0 amide bonds. The fourth-order valence-corrected chi connectivity index (χ4v) is 5.84. The van der Waals surface area contributed by atoms with Crippen molar-refractivity contribution in [2.75, 3.05) is 0 Å². The van der Waals surface area contributed by atoms with Crippen LogP contribution in [0.5, 0.6) is 0 Å². The molecule has 48 heavy (non-hydrogen) atoms. The lowest BCUT2D eigenvalue weighted by molar-refractivity contribution is 1.30. The summed E-state index contributed by atoms with van der Waals surface area (Å²) in [6.07, 6.45) is 9.86. The van der Waals surface area contributed by atoms with Crippen molar-refractivity contribution in [2.45, 2.75) is 0 Å². The van der Waals surface area contributed by atoms with Gasteiger partial charge in [0.25, 0.3) is 0 Å². The molecule has 0 N–H and O–H groups in total. The fourth-order valence-electron chi connectivity index (χ4n) is 5.84. The first kappa shape index (κ1) is 29.5. The summed E-state index contributed by atoms with van der Waals surface area (Å²) < 4.78 is 0. The zero-order valence-electron chi connectivity index (χ0n) is 25.5. The second-order valence-corrected chi connectivity index (χ2v) is 11.1. The van der Waals surface area contributed by atoms with E-state index in [1.165, 1.54) is 0 Å². The molecule has 4 aromatic carbocycles. The molecule has 222 valence electrons. The summed E-state index contributed by atoms with van der Waals surface area (Å²) in [5.74, 6) is 0. The topological polar surface area (TPSA) is 90.6 Å². The number of rotatable bonds is 6. The van der Waals surface area contributed by atoms with Gasteiger partial charge in [-0.3, -0.25) is 15.0 Å². The molecule has 0 spiro atoms. The van der Waals surface area contributed by atoms with Gasteiger partial charge in [0.2, 0.25) is 5.69 Å². The number of hydrogen-bond acceptors (Lipinski definition) is 5. The zero-order valence-corrected chi connectivity index (χ0v) is 25.5. The number of benzene rings is 4. The Balaban J connectivity index is 1.30. The van der Waals surface area contributed by atoms with Crippen LogP contribution in [0.25, 0.3) is 71.6 Å². The molecule has 6 nitrogen and oxygen atoms in total. The minimum Gasteiger partial charge on any atom is -0.276 e. The molecule has 0 aliphatic carbocycles. The Bertz CT molecular complexity index is 2120. The molecule has 0 bridgehead atoms. The number of nitriles is 2. The average molecular weight is 613 g/mol. The first-order valence-electron chi connectivity index (χ1n) is 15.1. The molecule has 0 unspecified atom stereocenters. The molecule has 0 saturated carbocycles. The van der Waals surface area contributed by atoms with Crippen molar-refractivity contribution in [2.24, 2.45) is 0 Å². The summed E-state index contributed by atoms with van der Waals surface area (Å²) >= 11 is 0. The van der Waals surface area contributed by atoms with Crippen molar-refractivity contribution >= 4 is 5.69 Å². The molecule has 3 heterocycles. The van der Waals surface area contributed by atoms with Crippen LogP contribution in [0.2, 0.25) is 0 Å². The fraction of sp³-hybridized carbons (Fsp3) is 0. The van der Waals surface area contributed by atoms with Crippen LogP contribution in [0.15, 0.2) is 146 Å². The van der Waals surface area contributed by atoms with E-state index in [1.54, 1.807) is 37.2 Å². The van der Waals surface area contributed by atoms with Crippen LogP contribution in [0.4, 0.5) is 5.69 Å². The normalized spacial score (nSPS) is 10.4. The second kappa shape index (κ2) is 13.0. The molecule has 3 aromatic heterocycles. The first-order valence-corrected chi connectivity index (χ1v) is 15.1. The highest BCUT2D eigenvalue weighted by molar-refractivity contribution is 5.85. The van der Waals surface area contributed by atoms with E-state index < -0.39 is 0 Å². The number of nitrogens with zero attached hydrogens (tertiary/aromatic N) is 6. The maximum absolute atomic E-state index is 9.58. The maximum atomic E-state index is 9.58. The van der Waals surface area contributed by atoms with E-state index in [0.717, 1.165) is 66.8 Å². The summed E-state index contributed by atoms with van der Waals surface area (Å²) in [6, 6.07) is 41.3. The zero-order chi connectivity index (χ0) is 32.9. The molecule has 6 heteroatoms. The Hall–Kier alpha value is -7.20. The standard InChI is InChI=1S/C42H24N6/c1-45-42-27-48-19-16-41(42)33-12-6-30(7-13-33)36-21-34(28-2-8-31(9-3-28)39-14-17-46-25-37(39)23-43)20-35(22-36)29-4-10-32(11-5-29)40-15-18-47-26-38(40)24-44/h2-22,25-27H. The molecule has 0 radical (unpaired) electrons. The van der Waals surface area contributed by atoms with E-state index in [9.17, 15) is 10.5 Å². The van der Waals surface area contributed by atoms with Gasteiger partial charge in [-0.2, -0.15) is 10.5 Å². The van der Waals surface area contributed by atoms with Crippen molar-refractivity contribution in [1.29, 1.82) is 10.5 Å². The summed E-state index contributed by atoms with van der Waals surface area (Å²) in [4.78, 5) is 15.9. The first-order chi connectivity index (χ1) is 23.6. The highest BCUT2D eigenvalue weighted by Crippen LogP contribution is 2.37. The van der Waals surface area contributed by atoms with Crippen LogP contribution in [0.3, 0.4) is 0 Å². The lowest BCUT2D eigenvalue weighted by atomic mass is 9.91. The molecule has 7 rings (SSSR count). The van der Waals surface area contributed by atoms with E-state index in [1.807, 2.05) is 54.6 Å². The number of aromatic nitrogens is 3. The van der Waals surface area contributed by atoms with Crippen LogP contribution < -0.4 is 0 Å². The lowest BCUT2D eigenvalue weighted by Gasteiger charge is -2.13. The van der Waals surface area contributed by atoms with Crippen LogP contribution in [0.1, 0.15) is 11.1 Å². The van der Waals surface area contributed by atoms with Crippen molar-refractivity contribution in [3.8, 4) is 78.9 Å². The number of hydrogen-bond donors (Lipinski definition) is 0. The van der Waals surface area contributed by atoms with Gasteiger partial charge in [-0.25, -0.2) is 4.85 Å². The maximum Gasteiger partial charge on any atom is 0.212 e. The van der Waals surface area contributed by atoms with Gasteiger partial charge in [0.05, 0.1) is 17.7 Å². The van der Waals surface area contributed by atoms with Gasteiger partial charge in [-0.1, -0.05) is 72.8 Å². The monoisotopic (exact) mass is 612 g/mol. The third kappa shape index (κ3) is 5.80. The number of pyridine rings is 3. The molecule has 0 atom stereocenters. The minimum absolute atomic E-state index is 0.517. The van der Waals surface area contributed by atoms with Crippen molar-refractivity contribution in [3.63, 3.8) is 0 Å². The minimum atomic E-state index is 0.517. The Kier molecular flexibility index (Phi) is 8.01. The smallest absolute Gasteiger partial charge is 0.212 e. The molecular formula is C42H24N6. The lowest BCUT2D eigenvalue weighted by Crippen LogP contribution is -1.89. The third-order valence-electron chi connectivity index (χ3n) is 8.32. The van der Waals surface area contributed by atoms with Crippen molar-refractivity contribution in [1.82, 2.24) is 15.0 Å². The summed E-state index contributed by atoms with van der Waals surface area (Å²) in [7, 11) is 0. The molecule has 0 saturated heterocycles. The summed E-state index contributed by atoms with van der Waals surface area (Å²) in [6.45, 7) is 7.54. The van der Waals surface area contributed by atoms with Gasteiger partial charge in [-0.05, 0) is 92.0 Å². The molecular weight excluding hydrogens is 589 g/mol. The molecule has 0 aliphatic rings. The predicted octanol–water partition coefficient (Wildman–Crippen LogP) is 10.2. The van der Waals surface area contributed by atoms with Gasteiger partial charge in [0.1, 0.15) is 12.1 Å². The predicted molar refractivity (Wildman–Crippen MR) is 188 cm³/mol. The summed E-state index contributed by atoms with van der Waals surface area (Å²) in [5, 5.41) is 19.2. The van der Waals surface area contributed by atoms with E-state index in [2.05, 4.69) is 86.5 Å². The summed E-state index contributed by atoms with van der Waals surface area (Å²) in [5.41, 5.74) is 13.2. The molecule has 0 aliphatic heterocycles. The van der Waals surface area contributed by atoms with Crippen molar-refractivity contribution < 1.29 is 0 Å². The van der Waals surface area contributed by atoms with E-state index in [4.69, 9.17) is 6.57 Å². The molecule has 7 aromatic rings. The van der Waals surface area contributed by atoms with Crippen LogP contribution in [0, 0.1) is 29.2 Å². The van der Waals surface area contributed by atoms with Gasteiger partial charge in [0.15, 0.2) is 0 Å². The molecule has 0 fully saturated rings. The van der Waals surface area contributed by atoms with Crippen LogP contribution in [-0.2, 0) is 0 Å². The van der Waals surface area contributed by atoms with Gasteiger partial charge >= 0.3 is 0 Å². The Morgan fingerprint density at radius 1 is 0.417 bits per heavy atom. The van der Waals surface area contributed by atoms with Gasteiger partial charge < -0.3 is 0 Å². The van der Waals surface area contributed by atoms with Crippen LogP contribution in [-0.4, -0.2) is 15.0 Å². The van der Waals surface area contributed by atoms with Crippen molar-refractivity contribution in [3.05, 3.63) is 169 Å². The largest absolute Gasteiger partial charge is 0.276 e. The second-order valence-electron chi connectivity index (χ2n) is 11.1. The van der Waals surface area contributed by atoms with E-state index in [0.29, 0.717) is 16.8 Å². The van der Waals surface area contributed by atoms with Gasteiger partial charge in [-0.15, -0.1) is 0 Å². The Morgan fingerprint density at radius 3 is 1.12 bits per heavy atom. The quantitative estimate of drug-likeness (QED) is 0.174. The highest BCUT2D eigenvalue weighted by Gasteiger charge is 2.12. The Morgan fingerprint density at radius 2 is 0.750 bits per heavy atom. The van der Waals surface area contributed by atoms with Crippen LogP contribution >= 0.6 is 0 Å². The highest BCUT2D eigenvalue weighted by atomic mass is 14.7. The SMILES string of the molecule is [C-]#[N+]c1cnccc1-c1ccc(-c2cc(-c3ccc(-c4ccncc4C#N)cc3)cc(-c3ccc(-c4ccncc4C#N)cc3)c2)cc1. The van der Waals surface area contributed by atoms with E-state index >= 15 is 0 Å². The van der Waals surface area contributed by atoms with Gasteiger partial charge in [0, 0.05) is 48.3 Å². The Labute approximate surface area is 278 Å². The average Bonchev–Trinajstić information content (AvgIpc) is 3.18.